The number of rotatable bonds is 9. The predicted octanol–water partition coefficient (Wildman–Crippen LogP) is 3.74. The molecule has 178 valence electrons. The largest absolute Gasteiger partial charge is 0.508 e. The van der Waals surface area contributed by atoms with E-state index in [-0.39, 0.29) is 11.8 Å². The van der Waals surface area contributed by atoms with Gasteiger partial charge in [0.1, 0.15) is 5.75 Å². The summed E-state index contributed by atoms with van der Waals surface area (Å²) in [5, 5.41) is 27.3. The highest BCUT2D eigenvalue weighted by Crippen LogP contribution is 2.26. The second-order valence-electron chi connectivity index (χ2n) is 8.93. The van der Waals surface area contributed by atoms with Crippen LogP contribution in [0.15, 0.2) is 54.9 Å². The summed E-state index contributed by atoms with van der Waals surface area (Å²) in [4.78, 5) is 14.0. The topological polar surface area (TPSA) is 134 Å². The molecule has 1 unspecified atom stereocenters. The van der Waals surface area contributed by atoms with Crippen LogP contribution >= 0.6 is 0 Å². The summed E-state index contributed by atoms with van der Waals surface area (Å²) < 4.78 is 1.96. The average Bonchev–Trinajstić information content (AvgIpc) is 3.20. The molecule has 4 rings (SSSR count). The van der Waals surface area contributed by atoms with Crippen molar-refractivity contribution in [2.45, 2.75) is 51.9 Å². The molecule has 0 saturated heterocycles. The van der Waals surface area contributed by atoms with Crippen molar-refractivity contribution in [3.63, 3.8) is 0 Å². The number of phenols is 1. The zero-order chi connectivity index (χ0) is 24.3. The summed E-state index contributed by atoms with van der Waals surface area (Å²) in [6, 6.07) is 14.8. The van der Waals surface area contributed by atoms with E-state index < -0.39 is 5.60 Å². The summed E-state index contributed by atoms with van der Waals surface area (Å²) in [5.41, 5.74) is 8.53. The number of aromatic nitrogens is 4. The van der Waals surface area contributed by atoms with Crippen LogP contribution in [0.1, 0.15) is 38.3 Å². The number of hydrogen-bond donors (Lipinski definition) is 5. The van der Waals surface area contributed by atoms with E-state index in [0.717, 1.165) is 5.56 Å². The van der Waals surface area contributed by atoms with Crippen molar-refractivity contribution in [2.24, 2.45) is 0 Å². The lowest BCUT2D eigenvalue weighted by Gasteiger charge is -2.29. The molecule has 2 aromatic carbocycles. The fraction of sp³-hybridized carbons (Fsp3) is 0.320. The Kier molecular flexibility index (Phi) is 6.56. The molecule has 0 amide bonds. The van der Waals surface area contributed by atoms with E-state index in [1.807, 2.05) is 29.7 Å². The normalized spacial score (nSPS) is 12.6. The van der Waals surface area contributed by atoms with Gasteiger partial charge in [0.2, 0.25) is 5.95 Å². The van der Waals surface area contributed by atoms with Crippen molar-refractivity contribution in [3.8, 4) is 5.75 Å². The fourth-order valence-electron chi connectivity index (χ4n) is 3.89. The maximum absolute atomic E-state index is 10.5. The number of aromatic hydroxyl groups is 1. The number of nitrogens with two attached hydrogens (primary N) is 1. The Labute approximate surface area is 198 Å². The summed E-state index contributed by atoms with van der Waals surface area (Å²) in [6.45, 7) is 6.42. The molecule has 2 heterocycles. The number of benzene rings is 2. The Morgan fingerprint density at radius 1 is 1.12 bits per heavy atom. The molecule has 0 aliphatic heterocycles. The van der Waals surface area contributed by atoms with Gasteiger partial charge in [-0.15, -0.1) is 0 Å². The van der Waals surface area contributed by atoms with Gasteiger partial charge in [-0.3, -0.25) is 0 Å². The van der Waals surface area contributed by atoms with Gasteiger partial charge in [0.05, 0.1) is 24.5 Å². The number of anilines is 3. The monoisotopic (exact) mass is 461 g/mol. The van der Waals surface area contributed by atoms with Gasteiger partial charge < -0.3 is 31.1 Å². The lowest BCUT2D eigenvalue weighted by Crippen LogP contribution is -2.41. The molecule has 9 heteroatoms. The fourth-order valence-corrected chi connectivity index (χ4v) is 3.89. The number of nitrogens with one attached hydrogen (secondary N) is 2. The highest BCUT2D eigenvalue weighted by molar-refractivity contribution is 5.84. The third-order valence-corrected chi connectivity index (χ3v) is 5.77. The predicted molar refractivity (Wildman–Crippen MR) is 135 cm³/mol. The molecule has 4 aromatic rings. The maximum atomic E-state index is 10.5. The third kappa shape index (κ3) is 5.20. The van der Waals surface area contributed by atoms with E-state index >= 15 is 0 Å². The number of nitrogen functional groups attached to an aromatic ring is 1. The lowest BCUT2D eigenvalue weighted by atomic mass is 9.97. The minimum absolute atomic E-state index is 0.146. The van der Waals surface area contributed by atoms with Crippen molar-refractivity contribution in [3.05, 3.63) is 66.0 Å². The minimum atomic E-state index is -0.960. The van der Waals surface area contributed by atoms with Crippen LogP contribution in [0, 0.1) is 0 Å². The van der Waals surface area contributed by atoms with Crippen LogP contribution in [-0.4, -0.2) is 41.4 Å². The molecule has 0 spiro atoms. The molecule has 34 heavy (non-hydrogen) atoms. The van der Waals surface area contributed by atoms with E-state index in [1.165, 1.54) is 0 Å². The zero-order valence-electron chi connectivity index (χ0n) is 19.7. The quantitative estimate of drug-likeness (QED) is 0.188. The molecule has 1 atom stereocenters. The highest BCUT2D eigenvalue weighted by atomic mass is 16.3. The van der Waals surface area contributed by atoms with E-state index in [0.29, 0.717) is 53.7 Å². The molecule has 6 N–H and O–H groups in total. The van der Waals surface area contributed by atoms with Crippen LogP contribution < -0.4 is 16.4 Å². The number of phenolic OH excluding ortho intramolecular Hbond substituents is 1. The van der Waals surface area contributed by atoms with Crippen LogP contribution in [0.25, 0.3) is 11.2 Å². The van der Waals surface area contributed by atoms with Gasteiger partial charge in [-0.1, -0.05) is 37.3 Å². The number of hydrogen-bond acceptors (Lipinski definition) is 8. The number of aliphatic hydroxyl groups is 1. The average molecular weight is 462 g/mol. The van der Waals surface area contributed by atoms with Gasteiger partial charge in [0.15, 0.2) is 17.0 Å². The van der Waals surface area contributed by atoms with Crippen molar-refractivity contribution in [1.29, 1.82) is 0 Å². The SMILES string of the molecule is CCC(Nc1nc(NCc2cc(N)ccc2O)c2ncn(Cc3ccccc3)c2n1)C(C)(C)O. The molecule has 0 radical (unpaired) electrons. The van der Waals surface area contributed by atoms with Gasteiger partial charge in [0, 0.05) is 17.8 Å². The lowest BCUT2D eigenvalue weighted by molar-refractivity contribution is 0.0577. The van der Waals surface area contributed by atoms with Crippen LogP contribution in [0.5, 0.6) is 5.75 Å². The molecule has 0 fully saturated rings. The second-order valence-corrected chi connectivity index (χ2v) is 8.93. The number of fused-ring (bicyclic) bond motifs is 1. The van der Waals surface area contributed by atoms with Crippen LogP contribution in [-0.2, 0) is 13.1 Å². The summed E-state index contributed by atoms with van der Waals surface area (Å²) in [5.74, 6) is 1.05. The van der Waals surface area contributed by atoms with Crippen molar-refractivity contribution >= 4 is 28.6 Å². The van der Waals surface area contributed by atoms with E-state index in [2.05, 4.69) is 32.7 Å². The molecule has 0 bridgehead atoms. The molecule has 0 saturated carbocycles. The van der Waals surface area contributed by atoms with Gasteiger partial charge in [-0.2, -0.15) is 9.97 Å². The Balaban J connectivity index is 1.72. The van der Waals surface area contributed by atoms with E-state index in [4.69, 9.17) is 10.7 Å². The first kappa shape index (κ1) is 23.3. The minimum Gasteiger partial charge on any atom is -0.508 e. The summed E-state index contributed by atoms with van der Waals surface area (Å²) in [7, 11) is 0. The van der Waals surface area contributed by atoms with E-state index in [1.54, 1.807) is 38.4 Å². The smallest absolute Gasteiger partial charge is 0.227 e. The van der Waals surface area contributed by atoms with Crippen molar-refractivity contribution in [2.75, 3.05) is 16.4 Å². The molecular formula is C25H31N7O2. The first-order chi connectivity index (χ1) is 16.2. The first-order valence-corrected chi connectivity index (χ1v) is 11.3. The van der Waals surface area contributed by atoms with Gasteiger partial charge >= 0.3 is 0 Å². The second kappa shape index (κ2) is 9.56. The van der Waals surface area contributed by atoms with Gasteiger partial charge in [0.25, 0.3) is 0 Å². The van der Waals surface area contributed by atoms with Crippen molar-refractivity contribution < 1.29 is 10.2 Å². The van der Waals surface area contributed by atoms with Crippen LogP contribution in [0.4, 0.5) is 17.5 Å². The van der Waals surface area contributed by atoms with Gasteiger partial charge in [-0.25, -0.2) is 4.98 Å². The third-order valence-electron chi connectivity index (χ3n) is 5.77. The standard InChI is InChI=1S/C25H31N7O2/c1-4-20(25(2,3)34)29-24-30-22(27-13-17-12-18(26)10-11-19(17)33)21-23(31-24)32(15-28-21)14-16-8-6-5-7-9-16/h5-12,15,20,33-34H,4,13-14,26H2,1-3H3,(H2,27,29,30,31). The van der Waals surface area contributed by atoms with Crippen LogP contribution in [0.3, 0.4) is 0 Å². The zero-order valence-corrected chi connectivity index (χ0v) is 19.7. The molecule has 2 aromatic heterocycles. The molecular weight excluding hydrogens is 430 g/mol. The Morgan fingerprint density at radius 2 is 1.88 bits per heavy atom. The number of imidazole rings is 1. The van der Waals surface area contributed by atoms with Crippen molar-refractivity contribution in [1.82, 2.24) is 19.5 Å². The highest BCUT2D eigenvalue weighted by Gasteiger charge is 2.26. The maximum Gasteiger partial charge on any atom is 0.227 e. The molecule has 0 aliphatic carbocycles. The molecule has 0 aliphatic rings. The summed E-state index contributed by atoms with van der Waals surface area (Å²) >= 11 is 0. The Morgan fingerprint density at radius 3 is 2.59 bits per heavy atom. The first-order valence-electron chi connectivity index (χ1n) is 11.3. The Bertz CT molecular complexity index is 1270. The Hall–Kier alpha value is -3.85. The number of nitrogens with zero attached hydrogens (tertiary/aromatic N) is 4. The van der Waals surface area contributed by atoms with Gasteiger partial charge in [-0.05, 0) is 44.0 Å². The summed E-state index contributed by atoms with van der Waals surface area (Å²) in [6.07, 6.45) is 2.43. The van der Waals surface area contributed by atoms with Crippen LogP contribution in [0.2, 0.25) is 0 Å². The van der Waals surface area contributed by atoms with E-state index in [9.17, 15) is 10.2 Å². The molecule has 9 nitrogen and oxygen atoms in total.